The molecular formula is C16H21N3O. The number of Topliss-reactive ketones (excluding diaryl/α,β-unsaturated/α-hetero) is 1. The summed E-state index contributed by atoms with van der Waals surface area (Å²) in [6.45, 7) is 7.20. The van der Waals surface area contributed by atoms with E-state index >= 15 is 0 Å². The van der Waals surface area contributed by atoms with Crippen LogP contribution in [-0.4, -0.2) is 20.1 Å². The topological polar surface area (TPSA) is 39.8 Å². The third kappa shape index (κ3) is 2.09. The first-order chi connectivity index (χ1) is 9.37. The minimum Gasteiger partial charge on any atom is -0.342 e. The predicted molar refractivity (Wildman–Crippen MR) is 77.9 cm³/mol. The van der Waals surface area contributed by atoms with Crippen molar-refractivity contribution in [2.24, 2.45) is 12.5 Å². The Bertz CT molecular complexity index is 676. The lowest BCUT2D eigenvalue weighted by Crippen LogP contribution is -2.28. The zero-order valence-corrected chi connectivity index (χ0v) is 12.6. The molecule has 0 aliphatic heterocycles. The molecule has 2 aromatic rings. The summed E-state index contributed by atoms with van der Waals surface area (Å²) in [7, 11) is 1.95. The number of hydrogen-bond acceptors (Lipinski definition) is 2. The Kier molecular flexibility index (Phi) is 2.85. The molecule has 0 N–H and O–H groups in total. The maximum atomic E-state index is 12.3. The first-order valence-electron chi connectivity index (χ1n) is 7.06. The predicted octanol–water partition coefficient (Wildman–Crippen LogP) is 2.73. The van der Waals surface area contributed by atoms with E-state index in [2.05, 4.69) is 30.4 Å². The van der Waals surface area contributed by atoms with Gasteiger partial charge in [-0.05, 0) is 30.9 Å². The Labute approximate surface area is 119 Å². The molecule has 0 fully saturated rings. The smallest absolute Gasteiger partial charge is 0.165 e. The number of hydrogen-bond donors (Lipinski definition) is 0. The molecule has 1 aliphatic carbocycles. The number of carbonyl (C=O) groups is 1. The van der Waals surface area contributed by atoms with E-state index < -0.39 is 0 Å². The third-order valence-corrected chi connectivity index (χ3v) is 4.24. The molecule has 106 valence electrons. The van der Waals surface area contributed by atoms with Crippen molar-refractivity contribution in [1.82, 2.24) is 14.3 Å². The van der Waals surface area contributed by atoms with Gasteiger partial charge in [-0.2, -0.15) is 5.10 Å². The number of carbonyl (C=O) groups excluding carboxylic acids is 1. The van der Waals surface area contributed by atoms with Crippen LogP contribution in [0.5, 0.6) is 0 Å². The second-order valence-electron chi connectivity index (χ2n) is 6.62. The summed E-state index contributed by atoms with van der Waals surface area (Å²) in [5, 5.41) is 4.22. The van der Waals surface area contributed by atoms with Crippen molar-refractivity contribution >= 4 is 5.78 Å². The molecule has 0 saturated carbocycles. The molecule has 0 aromatic carbocycles. The van der Waals surface area contributed by atoms with Crippen LogP contribution in [0.1, 0.15) is 47.7 Å². The minimum absolute atomic E-state index is 0.0546. The summed E-state index contributed by atoms with van der Waals surface area (Å²) in [5.74, 6) is 0.281. The highest BCUT2D eigenvalue weighted by atomic mass is 16.1. The lowest BCUT2D eigenvalue weighted by molar-refractivity contribution is 0.0910. The molecule has 2 aromatic heterocycles. The highest BCUT2D eigenvalue weighted by molar-refractivity contribution is 5.99. The molecule has 4 heteroatoms. The van der Waals surface area contributed by atoms with Gasteiger partial charge in [-0.15, -0.1) is 0 Å². The Morgan fingerprint density at radius 1 is 1.35 bits per heavy atom. The molecule has 0 bridgehead atoms. The highest BCUT2D eigenvalue weighted by Crippen LogP contribution is 2.36. The molecule has 0 atom stereocenters. The quantitative estimate of drug-likeness (QED) is 0.842. The maximum Gasteiger partial charge on any atom is 0.165 e. The average molecular weight is 271 g/mol. The van der Waals surface area contributed by atoms with Gasteiger partial charge in [0.15, 0.2) is 5.78 Å². The van der Waals surface area contributed by atoms with Crippen LogP contribution in [0.4, 0.5) is 0 Å². The first kappa shape index (κ1) is 13.2. The molecule has 1 aliphatic rings. The molecular weight excluding hydrogens is 250 g/mol. The van der Waals surface area contributed by atoms with Gasteiger partial charge in [0.25, 0.3) is 0 Å². The zero-order chi connectivity index (χ0) is 14.5. The number of ketones is 1. The van der Waals surface area contributed by atoms with Crippen molar-refractivity contribution in [3.05, 3.63) is 41.0 Å². The van der Waals surface area contributed by atoms with Crippen molar-refractivity contribution in [3.63, 3.8) is 0 Å². The largest absolute Gasteiger partial charge is 0.342 e. The van der Waals surface area contributed by atoms with Crippen molar-refractivity contribution in [3.8, 4) is 0 Å². The summed E-state index contributed by atoms with van der Waals surface area (Å²) >= 11 is 0. The summed E-state index contributed by atoms with van der Waals surface area (Å²) in [5.41, 5.74) is 4.47. The van der Waals surface area contributed by atoms with Gasteiger partial charge in [0.05, 0.1) is 12.2 Å². The fourth-order valence-corrected chi connectivity index (χ4v) is 3.14. The summed E-state index contributed by atoms with van der Waals surface area (Å²) < 4.78 is 4.16. The Hall–Kier alpha value is -1.84. The second-order valence-corrected chi connectivity index (χ2v) is 6.62. The molecule has 2 heterocycles. The standard InChI is InChI=1S/C16H21N3O/c1-11-7-13-14(8-16(2,3)9-15(13)20)19(11)10-12-5-6-17-18(12)4/h5-7H,8-10H2,1-4H3. The monoisotopic (exact) mass is 271 g/mol. The molecule has 0 saturated heterocycles. The van der Waals surface area contributed by atoms with E-state index in [4.69, 9.17) is 0 Å². The first-order valence-corrected chi connectivity index (χ1v) is 7.06. The van der Waals surface area contributed by atoms with Crippen LogP contribution in [-0.2, 0) is 20.0 Å². The number of rotatable bonds is 2. The van der Waals surface area contributed by atoms with Crippen LogP contribution < -0.4 is 0 Å². The Morgan fingerprint density at radius 3 is 2.75 bits per heavy atom. The van der Waals surface area contributed by atoms with Crippen molar-refractivity contribution in [1.29, 1.82) is 0 Å². The van der Waals surface area contributed by atoms with Crippen LogP contribution in [0.2, 0.25) is 0 Å². The van der Waals surface area contributed by atoms with E-state index in [0.717, 1.165) is 29.9 Å². The van der Waals surface area contributed by atoms with Crippen LogP contribution in [0.15, 0.2) is 18.3 Å². The van der Waals surface area contributed by atoms with Crippen LogP contribution in [0.3, 0.4) is 0 Å². The lowest BCUT2D eigenvalue weighted by atomic mass is 9.76. The lowest BCUT2D eigenvalue weighted by Gasteiger charge is -2.29. The molecule has 0 unspecified atom stereocenters. The van der Waals surface area contributed by atoms with E-state index in [9.17, 15) is 4.79 Å². The van der Waals surface area contributed by atoms with E-state index in [1.807, 2.05) is 30.1 Å². The number of aromatic nitrogens is 3. The van der Waals surface area contributed by atoms with Gasteiger partial charge in [-0.1, -0.05) is 13.8 Å². The zero-order valence-electron chi connectivity index (χ0n) is 12.6. The number of aryl methyl sites for hydroxylation is 2. The minimum atomic E-state index is 0.0546. The fraction of sp³-hybridized carbons (Fsp3) is 0.500. The van der Waals surface area contributed by atoms with Crippen LogP contribution >= 0.6 is 0 Å². The van der Waals surface area contributed by atoms with Crippen LogP contribution in [0, 0.1) is 12.3 Å². The normalized spacial score (nSPS) is 17.3. The van der Waals surface area contributed by atoms with Crippen molar-refractivity contribution in [2.45, 2.75) is 40.2 Å². The van der Waals surface area contributed by atoms with E-state index in [1.54, 1.807) is 0 Å². The Balaban J connectivity index is 2.05. The molecule has 20 heavy (non-hydrogen) atoms. The van der Waals surface area contributed by atoms with Gasteiger partial charge in [0, 0.05) is 36.6 Å². The van der Waals surface area contributed by atoms with E-state index in [0.29, 0.717) is 6.42 Å². The van der Waals surface area contributed by atoms with Gasteiger partial charge in [-0.25, -0.2) is 0 Å². The van der Waals surface area contributed by atoms with Gasteiger partial charge >= 0.3 is 0 Å². The van der Waals surface area contributed by atoms with E-state index in [-0.39, 0.29) is 11.2 Å². The molecule has 0 amide bonds. The molecule has 0 radical (unpaired) electrons. The Morgan fingerprint density at radius 2 is 2.10 bits per heavy atom. The van der Waals surface area contributed by atoms with E-state index in [1.165, 1.54) is 5.69 Å². The SMILES string of the molecule is Cc1cc2c(n1Cc1ccnn1C)CC(C)(C)CC2=O. The molecule has 3 rings (SSSR count). The number of nitrogens with zero attached hydrogens (tertiary/aromatic N) is 3. The molecule has 0 spiro atoms. The fourth-order valence-electron chi connectivity index (χ4n) is 3.14. The average Bonchev–Trinajstić information content (AvgIpc) is 2.86. The maximum absolute atomic E-state index is 12.3. The van der Waals surface area contributed by atoms with Crippen LogP contribution in [0.25, 0.3) is 0 Å². The van der Waals surface area contributed by atoms with Crippen molar-refractivity contribution < 1.29 is 4.79 Å². The summed E-state index contributed by atoms with van der Waals surface area (Å²) in [4.78, 5) is 12.3. The van der Waals surface area contributed by atoms with Gasteiger partial charge in [0.1, 0.15) is 0 Å². The number of fused-ring (bicyclic) bond motifs is 1. The molecule has 4 nitrogen and oxygen atoms in total. The third-order valence-electron chi connectivity index (χ3n) is 4.24. The van der Waals surface area contributed by atoms with Crippen molar-refractivity contribution in [2.75, 3.05) is 0 Å². The van der Waals surface area contributed by atoms with Gasteiger partial charge in [0.2, 0.25) is 0 Å². The second kappa shape index (κ2) is 4.33. The highest BCUT2D eigenvalue weighted by Gasteiger charge is 2.33. The summed E-state index contributed by atoms with van der Waals surface area (Å²) in [6, 6.07) is 4.07. The van der Waals surface area contributed by atoms with Gasteiger partial charge < -0.3 is 4.57 Å². The summed E-state index contributed by atoms with van der Waals surface area (Å²) in [6.07, 6.45) is 3.42. The van der Waals surface area contributed by atoms with Gasteiger partial charge in [-0.3, -0.25) is 9.48 Å².